The molecule has 0 aliphatic rings. The number of nitro benzene ring substituents is 1. The van der Waals surface area contributed by atoms with Gasteiger partial charge in [0.2, 0.25) is 5.95 Å². The first-order chi connectivity index (χ1) is 16.4. The molecule has 4 aromatic rings. The number of nitrogens with zero attached hydrogens (tertiary/aromatic N) is 6. The molecule has 34 heavy (non-hydrogen) atoms. The minimum atomic E-state index is -0.503. The molecular formula is C23H21N7O4. The van der Waals surface area contributed by atoms with Crippen LogP contribution in [-0.4, -0.2) is 29.8 Å². The van der Waals surface area contributed by atoms with Crippen LogP contribution in [0.2, 0.25) is 0 Å². The van der Waals surface area contributed by atoms with Gasteiger partial charge in [-0.2, -0.15) is 10.1 Å². The fraction of sp³-hybridized carbons (Fsp3) is 0.130. The maximum Gasteiger partial charge on any atom is 0.332 e. The van der Waals surface area contributed by atoms with Crippen molar-refractivity contribution < 1.29 is 4.92 Å². The van der Waals surface area contributed by atoms with E-state index in [1.54, 1.807) is 22.8 Å². The van der Waals surface area contributed by atoms with Gasteiger partial charge < -0.3 is 0 Å². The Hall–Kier alpha value is -4.80. The van der Waals surface area contributed by atoms with E-state index in [0.29, 0.717) is 5.56 Å². The number of benzene rings is 2. The van der Waals surface area contributed by atoms with Gasteiger partial charge in [0.05, 0.1) is 16.7 Å². The van der Waals surface area contributed by atoms with Crippen molar-refractivity contribution in [3.63, 3.8) is 0 Å². The van der Waals surface area contributed by atoms with Crippen LogP contribution in [0.3, 0.4) is 0 Å². The summed E-state index contributed by atoms with van der Waals surface area (Å²) in [4.78, 5) is 40.4. The van der Waals surface area contributed by atoms with Crippen molar-refractivity contribution in [3.05, 3.63) is 103 Å². The zero-order valence-corrected chi connectivity index (χ0v) is 18.5. The van der Waals surface area contributed by atoms with E-state index in [4.69, 9.17) is 0 Å². The van der Waals surface area contributed by atoms with Crippen molar-refractivity contribution >= 4 is 35.1 Å². The highest BCUT2D eigenvalue weighted by Crippen LogP contribution is 2.18. The molecule has 0 fully saturated rings. The molecule has 11 nitrogen and oxygen atoms in total. The number of hydrazone groups is 1. The van der Waals surface area contributed by atoms with Crippen LogP contribution in [0.4, 0.5) is 11.6 Å². The molecule has 0 aliphatic carbocycles. The summed E-state index contributed by atoms with van der Waals surface area (Å²) in [5.41, 5.74) is 3.38. The predicted molar refractivity (Wildman–Crippen MR) is 130 cm³/mol. The summed E-state index contributed by atoms with van der Waals surface area (Å²) in [5.74, 6) is 0.209. The number of imidazole rings is 1. The highest BCUT2D eigenvalue weighted by Gasteiger charge is 2.18. The van der Waals surface area contributed by atoms with E-state index in [2.05, 4.69) is 15.5 Å². The Morgan fingerprint density at radius 1 is 1.06 bits per heavy atom. The third-order valence-electron chi connectivity index (χ3n) is 5.25. The van der Waals surface area contributed by atoms with E-state index in [-0.39, 0.29) is 29.3 Å². The van der Waals surface area contributed by atoms with Gasteiger partial charge in [0.25, 0.3) is 11.2 Å². The predicted octanol–water partition coefficient (Wildman–Crippen LogP) is 2.50. The van der Waals surface area contributed by atoms with Crippen LogP contribution >= 0.6 is 0 Å². The molecule has 11 heteroatoms. The Bertz CT molecular complexity index is 1550. The molecule has 2 heterocycles. The number of fused-ring (bicyclic) bond motifs is 1. The quantitative estimate of drug-likeness (QED) is 0.257. The molecule has 0 radical (unpaired) electrons. The van der Waals surface area contributed by atoms with Crippen LogP contribution in [0, 0.1) is 10.1 Å². The smallest absolute Gasteiger partial charge is 0.299 e. The average Bonchev–Trinajstić information content (AvgIpc) is 3.20. The Labute approximate surface area is 193 Å². The first-order valence-corrected chi connectivity index (χ1v) is 10.3. The van der Waals surface area contributed by atoms with Gasteiger partial charge in [0.1, 0.15) is 0 Å². The topological polar surface area (TPSA) is 129 Å². The highest BCUT2D eigenvalue weighted by molar-refractivity contribution is 5.85. The number of hydrogen-bond acceptors (Lipinski definition) is 7. The summed E-state index contributed by atoms with van der Waals surface area (Å²) in [5, 5.41) is 15.3. The van der Waals surface area contributed by atoms with Gasteiger partial charge in [-0.1, -0.05) is 54.6 Å². The van der Waals surface area contributed by atoms with E-state index in [0.717, 1.165) is 10.1 Å². The number of aryl methyl sites for hydroxylation is 1. The van der Waals surface area contributed by atoms with Crippen LogP contribution in [-0.2, 0) is 20.6 Å². The van der Waals surface area contributed by atoms with Crippen LogP contribution in [0.15, 0.2) is 75.4 Å². The SMILES string of the molecule is Cn1c(=O)c2c(nc(NN=Cc3ccccc3[N+](=O)[O-])n2CC=Cc2ccccc2)n(C)c1=O. The lowest BCUT2D eigenvalue weighted by Crippen LogP contribution is -2.37. The normalized spacial score (nSPS) is 11.6. The lowest BCUT2D eigenvalue weighted by atomic mass is 10.2. The van der Waals surface area contributed by atoms with Gasteiger partial charge in [-0.15, -0.1) is 0 Å². The fourth-order valence-electron chi connectivity index (χ4n) is 3.49. The standard InChI is InChI=1S/C23H21N7O4/c1-27-20-19(21(31)28(2)23(27)32)29(14-8-11-16-9-4-3-5-10-16)22(25-20)26-24-15-17-12-6-7-13-18(17)30(33)34/h3-13,15H,14H2,1-2H3,(H,25,26). The van der Waals surface area contributed by atoms with Gasteiger partial charge in [-0.3, -0.25) is 28.6 Å². The van der Waals surface area contributed by atoms with Gasteiger partial charge in [-0.05, 0) is 11.6 Å². The Kier molecular flexibility index (Phi) is 6.17. The minimum absolute atomic E-state index is 0.0939. The van der Waals surface area contributed by atoms with Crippen molar-refractivity contribution in [1.82, 2.24) is 18.7 Å². The van der Waals surface area contributed by atoms with E-state index < -0.39 is 16.2 Å². The third-order valence-corrected chi connectivity index (χ3v) is 5.25. The molecule has 0 saturated heterocycles. The van der Waals surface area contributed by atoms with Crippen molar-refractivity contribution in [2.75, 3.05) is 5.43 Å². The number of para-hydroxylation sites is 1. The van der Waals surface area contributed by atoms with Crippen molar-refractivity contribution in [1.29, 1.82) is 0 Å². The summed E-state index contributed by atoms with van der Waals surface area (Å²) >= 11 is 0. The Morgan fingerprint density at radius 2 is 1.76 bits per heavy atom. The molecule has 0 bridgehead atoms. The molecule has 1 N–H and O–H groups in total. The summed E-state index contributed by atoms with van der Waals surface area (Å²) in [6, 6.07) is 15.8. The Balaban J connectivity index is 1.75. The number of anilines is 1. The lowest BCUT2D eigenvalue weighted by molar-refractivity contribution is -0.385. The molecule has 0 spiro atoms. The lowest BCUT2D eigenvalue weighted by Gasteiger charge is -2.06. The van der Waals surface area contributed by atoms with Gasteiger partial charge in [0.15, 0.2) is 11.2 Å². The molecule has 2 aromatic carbocycles. The molecule has 0 atom stereocenters. The van der Waals surface area contributed by atoms with Crippen LogP contribution < -0.4 is 16.7 Å². The second-order valence-electron chi connectivity index (χ2n) is 7.42. The average molecular weight is 459 g/mol. The van der Waals surface area contributed by atoms with Crippen molar-refractivity contribution in [3.8, 4) is 0 Å². The fourth-order valence-corrected chi connectivity index (χ4v) is 3.49. The first-order valence-electron chi connectivity index (χ1n) is 10.3. The highest BCUT2D eigenvalue weighted by atomic mass is 16.6. The summed E-state index contributed by atoms with van der Waals surface area (Å²) in [6.07, 6.45) is 5.06. The maximum atomic E-state index is 12.9. The number of nitrogens with one attached hydrogen (secondary N) is 1. The number of nitro groups is 1. The minimum Gasteiger partial charge on any atom is -0.299 e. The molecule has 0 saturated carbocycles. The summed E-state index contributed by atoms with van der Waals surface area (Å²) in [7, 11) is 2.93. The van der Waals surface area contributed by atoms with Crippen LogP contribution in [0.1, 0.15) is 11.1 Å². The monoisotopic (exact) mass is 459 g/mol. The summed E-state index contributed by atoms with van der Waals surface area (Å²) < 4.78 is 3.90. The third kappa shape index (κ3) is 4.26. The van der Waals surface area contributed by atoms with E-state index in [9.17, 15) is 19.7 Å². The van der Waals surface area contributed by atoms with Crippen molar-refractivity contribution in [2.45, 2.75) is 6.54 Å². The maximum absolute atomic E-state index is 12.9. The zero-order valence-electron chi connectivity index (χ0n) is 18.5. The van der Waals surface area contributed by atoms with Crippen LogP contribution in [0.25, 0.3) is 17.2 Å². The number of aromatic nitrogens is 4. The Morgan fingerprint density at radius 3 is 2.50 bits per heavy atom. The van der Waals surface area contributed by atoms with Crippen molar-refractivity contribution in [2.24, 2.45) is 19.2 Å². The van der Waals surface area contributed by atoms with E-state index in [1.165, 1.54) is 30.9 Å². The van der Waals surface area contributed by atoms with E-state index in [1.807, 2.05) is 42.5 Å². The molecule has 4 rings (SSSR count). The van der Waals surface area contributed by atoms with E-state index >= 15 is 0 Å². The van der Waals surface area contributed by atoms with Gasteiger partial charge >= 0.3 is 5.69 Å². The van der Waals surface area contributed by atoms with Gasteiger partial charge in [0, 0.05) is 26.7 Å². The van der Waals surface area contributed by atoms with Gasteiger partial charge in [-0.25, -0.2) is 10.2 Å². The largest absolute Gasteiger partial charge is 0.332 e. The van der Waals surface area contributed by atoms with Crippen LogP contribution in [0.5, 0.6) is 0 Å². The number of hydrogen-bond donors (Lipinski definition) is 1. The second kappa shape index (κ2) is 9.36. The molecule has 172 valence electrons. The molecule has 0 unspecified atom stereocenters. The number of rotatable bonds is 7. The molecule has 0 aliphatic heterocycles. The number of allylic oxidation sites excluding steroid dienone is 1. The molecular weight excluding hydrogens is 438 g/mol. The first kappa shape index (κ1) is 22.4. The summed E-state index contributed by atoms with van der Waals surface area (Å²) in [6.45, 7) is 0.266. The second-order valence-corrected chi connectivity index (χ2v) is 7.42. The molecule has 2 aromatic heterocycles. The zero-order chi connectivity index (χ0) is 24.2. The molecule has 0 amide bonds.